The molecule has 0 fully saturated rings. The summed E-state index contributed by atoms with van der Waals surface area (Å²) in [5.74, 6) is 0.864. The van der Waals surface area contributed by atoms with E-state index >= 15 is 0 Å². The molecule has 0 aliphatic rings. The van der Waals surface area contributed by atoms with Gasteiger partial charge >= 0.3 is 0 Å². The number of allylic oxidation sites excluding steroid dienone is 2. The minimum absolute atomic E-state index is 0. The Kier molecular flexibility index (Phi) is 14.2. The van der Waals surface area contributed by atoms with Crippen molar-refractivity contribution in [3.63, 3.8) is 0 Å². The van der Waals surface area contributed by atoms with E-state index in [1.54, 1.807) is 6.26 Å². The van der Waals surface area contributed by atoms with E-state index in [0.717, 1.165) is 65.5 Å². The second-order valence-corrected chi connectivity index (χ2v) is 15.8. The Labute approximate surface area is 320 Å². The van der Waals surface area contributed by atoms with Gasteiger partial charge in [0.05, 0.1) is 6.26 Å². The first-order valence-corrected chi connectivity index (χ1v) is 18.5. The van der Waals surface area contributed by atoms with Crippen LogP contribution in [0.4, 0.5) is 0 Å². The van der Waals surface area contributed by atoms with Crippen LogP contribution in [0.25, 0.3) is 44.1 Å². The van der Waals surface area contributed by atoms with Crippen LogP contribution >= 0.6 is 0 Å². The molecule has 5 rings (SSSR count). The van der Waals surface area contributed by atoms with Gasteiger partial charge in [0.2, 0.25) is 0 Å². The van der Waals surface area contributed by atoms with Gasteiger partial charge in [0.25, 0.3) is 0 Å². The van der Waals surface area contributed by atoms with Gasteiger partial charge in [-0.2, -0.15) is 0 Å². The van der Waals surface area contributed by atoms with Crippen LogP contribution in [0.3, 0.4) is 0 Å². The van der Waals surface area contributed by atoms with Gasteiger partial charge in [-0.1, -0.05) is 117 Å². The molecular formula is C46H58IrNO3-. The van der Waals surface area contributed by atoms with Gasteiger partial charge in [-0.25, -0.2) is 0 Å². The Morgan fingerprint density at radius 3 is 2.10 bits per heavy atom. The predicted molar refractivity (Wildman–Crippen MR) is 212 cm³/mol. The molecule has 275 valence electrons. The third-order valence-electron chi connectivity index (χ3n) is 10.8. The molecule has 0 bridgehead atoms. The maximum atomic E-state index is 12.2. The van der Waals surface area contributed by atoms with Crippen LogP contribution in [0, 0.1) is 22.8 Å². The second kappa shape index (κ2) is 17.3. The van der Waals surface area contributed by atoms with E-state index in [-0.39, 0.29) is 47.9 Å². The van der Waals surface area contributed by atoms with Crippen molar-refractivity contribution in [2.24, 2.45) is 16.7 Å². The predicted octanol–water partition coefficient (Wildman–Crippen LogP) is 13.3. The van der Waals surface area contributed by atoms with Gasteiger partial charge in [-0.05, 0) is 78.3 Å². The largest absolute Gasteiger partial charge is 0.512 e. The first-order valence-electron chi connectivity index (χ1n) is 18.5. The Balaban J connectivity index is 0.000000335. The molecule has 2 heterocycles. The Morgan fingerprint density at radius 1 is 0.843 bits per heavy atom. The third kappa shape index (κ3) is 9.67. The SMILES string of the molecule is CC(C)Cc1cc(-c2ccnc(-c3[c-]c4ccccc4c(C(C)(C)C)c3)c2)cc2occc12.CCC(C)(CC)C(=O)/C=C(\O)C(C)(CC)CC.[Ir]. The summed E-state index contributed by atoms with van der Waals surface area (Å²) in [4.78, 5) is 16.9. The molecule has 1 N–H and O–H groups in total. The van der Waals surface area contributed by atoms with Gasteiger partial charge in [0.1, 0.15) is 11.3 Å². The minimum atomic E-state index is -0.337. The molecule has 51 heavy (non-hydrogen) atoms. The summed E-state index contributed by atoms with van der Waals surface area (Å²) in [6.45, 7) is 23.4. The number of fused-ring (bicyclic) bond motifs is 2. The molecule has 1 radical (unpaired) electrons. The standard InChI is InChI=1S/C31H30NO.C15H28O2.Ir/c1-20(2)14-24-16-23(19-30-27(24)11-13-33-30)21-10-12-32-29(18-21)25-15-22-8-6-7-9-26(22)28(17-25)31(3,4)5;1-7-14(5,8-2)12(16)11-13(17)15(6,9-3)10-4;/h6-13,16-20H,14H2,1-5H3;11,16H,7-10H2,1-6H3;/q-1;;/b;12-11-;. The normalized spacial score (nSPS) is 12.5. The summed E-state index contributed by atoms with van der Waals surface area (Å²) in [5.41, 5.74) is 7.28. The molecule has 0 saturated heterocycles. The zero-order valence-electron chi connectivity index (χ0n) is 32.7. The summed E-state index contributed by atoms with van der Waals surface area (Å²) in [5, 5.41) is 13.7. The van der Waals surface area contributed by atoms with Gasteiger partial charge in [-0.3, -0.25) is 9.78 Å². The van der Waals surface area contributed by atoms with Crippen molar-refractivity contribution in [2.45, 2.75) is 114 Å². The zero-order valence-corrected chi connectivity index (χ0v) is 35.1. The average Bonchev–Trinajstić information content (AvgIpc) is 3.59. The molecule has 0 amide bonds. The maximum Gasteiger partial charge on any atom is 0.164 e. The summed E-state index contributed by atoms with van der Waals surface area (Å²) in [6.07, 6.45) is 9.47. The molecule has 3 aromatic carbocycles. The topological polar surface area (TPSA) is 63.3 Å². The van der Waals surface area contributed by atoms with Crippen LogP contribution in [0.1, 0.15) is 113 Å². The number of aromatic nitrogens is 1. The Hall–Kier alpha value is -3.53. The number of hydrogen-bond acceptors (Lipinski definition) is 4. The molecule has 2 aromatic heterocycles. The Bertz CT molecular complexity index is 1950. The zero-order chi connectivity index (χ0) is 36.9. The minimum Gasteiger partial charge on any atom is -0.512 e. The number of aliphatic hydroxyl groups is 1. The third-order valence-corrected chi connectivity index (χ3v) is 10.8. The van der Waals surface area contributed by atoms with Crippen molar-refractivity contribution in [1.29, 1.82) is 0 Å². The monoisotopic (exact) mass is 865 g/mol. The van der Waals surface area contributed by atoms with Crippen molar-refractivity contribution in [3.8, 4) is 22.4 Å². The molecule has 0 aliphatic heterocycles. The Morgan fingerprint density at radius 2 is 1.49 bits per heavy atom. The van der Waals surface area contributed by atoms with Gasteiger partial charge in [0, 0.05) is 54.3 Å². The number of furan rings is 1. The quantitative estimate of drug-likeness (QED) is 0.0816. The average molecular weight is 865 g/mol. The van der Waals surface area contributed by atoms with Crippen molar-refractivity contribution in [2.75, 3.05) is 0 Å². The number of aliphatic hydroxyl groups excluding tert-OH is 1. The first kappa shape index (κ1) is 41.9. The molecule has 0 unspecified atom stereocenters. The van der Waals surface area contributed by atoms with Crippen LogP contribution in [0.15, 0.2) is 89.4 Å². The van der Waals surface area contributed by atoms with Gasteiger partial charge in [-0.15, -0.1) is 29.1 Å². The molecule has 4 nitrogen and oxygen atoms in total. The number of ketones is 1. The molecule has 0 spiro atoms. The fourth-order valence-corrected chi connectivity index (χ4v) is 6.35. The number of nitrogens with zero attached hydrogens (tertiary/aromatic N) is 1. The van der Waals surface area contributed by atoms with E-state index in [0.29, 0.717) is 5.92 Å². The fraction of sp³-hybridized carbons (Fsp3) is 0.435. The van der Waals surface area contributed by atoms with Crippen molar-refractivity contribution in [3.05, 3.63) is 102 Å². The summed E-state index contributed by atoms with van der Waals surface area (Å²) in [7, 11) is 0. The number of pyridine rings is 1. The van der Waals surface area contributed by atoms with Crippen LogP contribution in [-0.2, 0) is 36.7 Å². The van der Waals surface area contributed by atoms with E-state index in [1.807, 2.05) is 47.7 Å². The van der Waals surface area contributed by atoms with Crippen molar-refractivity contribution < 1.29 is 34.4 Å². The van der Waals surface area contributed by atoms with Gasteiger partial charge in [0.15, 0.2) is 5.78 Å². The maximum absolute atomic E-state index is 12.2. The molecular weight excluding hydrogens is 807 g/mol. The number of rotatable bonds is 11. The molecule has 5 aromatic rings. The van der Waals surface area contributed by atoms with E-state index in [4.69, 9.17) is 9.40 Å². The van der Waals surface area contributed by atoms with Gasteiger partial charge < -0.3 is 9.52 Å². The van der Waals surface area contributed by atoms with E-state index in [2.05, 4.69) is 101 Å². The number of hydrogen-bond donors (Lipinski definition) is 1. The second-order valence-electron chi connectivity index (χ2n) is 15.8. The van der Waals surface area contributed by atoms with Crippen molar-refractivity contribution >= 4 is 27.5 Å². The molecule has 0 saturated carbocycles. The van der Waals surface area contributed by atoms with E-state index in [1.165, 1.54) is 28.0 Å². The van der Waals surface area contributed by atoms with E-state index in [9.17, 15) is 9.90 Å². The van der Waals surface area contributed by atoms with E-state index < -0.39 is 0 Å². The number of carbonyl (C=O) groups is 1. The first-order chi connectivity index (χ1) is 23.6. The number of benzene rings is 3. The van der Waals surface area contributed by atoms with Crippen LogP contribution in [0.2, 0.25) is 0 Å². The van der Waals surface area contributed by atoms with Crippen LogP contribution < -0.4 is 0 Å². The smallest absolute Gasteiger partial charge is 0.164 e. The van der Waals surface area contributed by atoms with Crippen LogP contribution in [-0.4, -0.2) is 15.9 Å². The molecule has 5 heteroatoms. The fourth-order valence-electron chi connectivity index (χ4n) is 6.35. The molecule has 0 atom stereocenters. The summed E-state index contributed by atoms with van der Waals surface area (Å²) in [6, 6.07) is 25.2. The number of carbonyl (C=O) groups excluding carboxylic acids is 1. The van der Waals surface area contributed by atoms with Crippen molar-refractivity contribution in [1.82, 2.24) is 4.98 Å². The summed E-state index contributed by atoms with van der Waals surface area (Å²) >= 11 is 0. The summed E-state index contributed by atoms with van der Waals surface area (Å²) < 4.78 is 5.80. The molecule has 0 aliphatic carbocycles. The van der Waals surface area contributed by atoms with Crippen LogP contribution in [0.5, 0.6) is 0 Å².